The van der Waals surface area contributed by atoms with Crippen molar-refractivity contribution in [3.05, 3.63) is 75.3 Å². The number of anilines is 1. The molecule has 1 atom stereocenters. The molecule has 3 aromatic rings. The number of Topliss-reactive ketones (excluding diaryl/α,β-unsaturated/α-hetero) is 1. The fourth-order valence-electron chi connectivity index (χ4n) is 3.97. The zero-order valence-electron chi connectivity index (χ0n) is 18.1. The van der Waals surface area contributed by atoms with E-state index in [-0.39, 0.29) is 36.2 Å². The molecular formula is C23H20ClF3N4O2. The first-order valence-electron chi connectivity index (χ1n) is 10.2. The lowest BCUT2D eigenvalue weighted by Crippen LogP contribution is -2.43. The molecule has 0 saturated heterocycles. The molecule has 33 heavy (non-hydrogen) atoms. The van der Waals surface area contributed by atoms with E-state index >= 15 is 0 Å². The molecule has 10 heteroatoms. The van der Waals surface area contributed by atoms with Crippen molar-refractivity contribution in [2.45, 2.75) is 39.4 Å². The zero-order valence-corrected chi connectivity index (χ0v) is 18.8. The van der Waals surface area contributed by atoms with Crippen LogP contribution in [0.4, 0.5) is 18.9 Å². The van der Waals surface area contributed by atoms with Crippen LogP contribution in [0.1, 0.15) is 56.2 Å². The first-order valence-corrected chi connectivity index (χ1v) is 10.6. The van der Waals surface area contributed by atoms with Crippen LogP contribution < -0.4 is 4.90 Å². The summed E-state index contributed by atoms with van der Waals surface area (Å²) in [5.74, 6) is -0.629. The smallest absolute Gasteiger partial charge is 0.305 e. The maximum Gasteiger partial charge on any atom is 0.417 e. The quantitative estimate of drug-likeness (QED) is 0.484. The lowest BCUT2D eigenvalue weighted by molar-refractivity contribution is -0.137. The van der Waals surface area contributed by atoms with Gasteiger partial charge in [0.15, 0.2) is 5.78 Å². The SMILES string of the molecule is Cc1cc(C(=O)Cc2cnn3c2C(=O)N(c2ccc(C(F)(F)F)c(Cl)c2)C[C@@H]3C)c(C)cn1. The van der Waals surface area contributed by atoms with Gasteiger partial charge in [0, 0.05) is 41.7 Å². The van der Waals surface area contributed by atoms with Gasteiger partial charge in [-0.05, 0) is 50.6 Å². The Kier molecular flexibility index (Phi) is 5.78. The van der Waals surface area contributed by atoms with Crippen molar-refractivity contribution < 1.29 is 22.8 Å². The molecule has 2 aromatic heterocycles. The maximum atomic E-state index is 13.4. The molecular weight excluding hydrogens is 457 g/mol. The van der Waals surface area contributed by atoms with Gasteiger partial charge in [-0.15, -0.1) is 0 Å². The first-order chi connectivity index (χ1) is 15.5. The highest BCUT2D eigenvalue weighted by Crippen LogP contribution is 2.38. The van der Waals surface area contributed by atoms with Crippen LogP contribution in [0, 0.1) is 13.8 Å². The number of benzene rings is 1. The second-order valence-corrected chi connectivity index (χ2v) is 8.54. The van der Waals surface area contributed by atoms with E-state index in [1.165, 1.54) is 17.2 Å². The molecule has 4 rings (SSSR count). The summed E-state index contributed by atoms with van der Waals surface area (Å²) in [7, 11) is 0. The van der Waals surface area contributed by atoms with Gasteiger partial charge < -0.3 is 4.90 Å². The number of fused-ring (bicyclic) bond motifs is 1. The van der Waals surface area contributed by atoms with E-state index in [2.05, 4.69) is 10.1 Å². The molecule has 0 saturated carbocycles. The highest BCUT2D eigenvalue weighted by Gasteiger charge is 2.36. The molecule has 172 valence electrons. The van der Waals surface area contributed by atoms with Crippen LogP contribution in [0.25, 0.3) is 0 Å². The number of hydrogen-bond acceptors (Lipinski definition) is 4. The molecule has 0 N–H and O–H groups in total. The van der Waals surface area contributed by atoms with Gasteiger partial charge in [-0.1, -0.05) is 11.6 Å². The van der Waals surface area contributed by atoms with E-state index in [0.717, 1.165) is 17.7 Å². The van der Waals surface area contributed by atoms with Crippen molar-refractivity contribution in [2.24, 2.45) is 0 Å². The minimum atomic E-state index is -4.59. The normalized spacial score (nSPS) is 16.2. The van der Waals surface area contributed by atoms with Crippen LogP contribution in [0.3, 0.4) is 0 Å². The number of aryl methyl sites for hydroxylation is 2. The van der Waals surface area contributed by atoms with Crippen molar-refractivity contribution >= 4 is 29.0 Å². The van der Waals surface area contributed by atoms with Crippen molar-refractivity contribution in [2.75, 3.05) is 11.4 Å². The number of nitrogens with zero attached hydrogens (tertiary/aromatic N) is 4. The molecule has 1 amide bonds. The van der Waals surface area contributed by atoms with Crippen LogP contribution in [-0.4, -0.2) is 33.0 Å². The summed E-state index contributed by atoms with van der Waals surface area (Å²) < 4.78 is 40.8. The molecule has 1 aliphatic heterocycles. The monoisotopic (exact) mass is 476 g/mol. The van der Waals surface area contributed by atoms with Crippen LogP contribution in [0.2, 0.25) is 5.02 Å². The van der Waals surface area contributed by atoms with Gasteiger partial charge in [0.2, 0.25) is 0 Å². The minimum absolute atomic E-state index is 0.0420. The predicted molar refractivity (Wildman–Crippen MR) is 117 cm³/mol. The van der Waals surface area contributed by atoms with Crippen molar-refractivity contribution in [1.82, 2.24) is 14.8 Å². The third-order valence-corrected chi connectivity index (χ3v) is 5.96. The third kappa shape index (κ3) is 4.25. The fourth-order valence-corrected chi connectivity index (χ4v) is 4.25. The molecule has 3 heterocycles. The largest absolute Gasteiger partial charge is 0.417 e. The predicted octanol–water partition coefficient (Wildman–Crippen LogP) is 5.21. The van der Waals surface area contributed by atoms with Gasteiger partial charge in [-0.3, -0.25) is 19.3 Å². The number of rotatable bonds is 4. The highest BCUT2D eigenvalue weighted by molar-refractivity contribution is 6.31. The van der Waals surface area contributed by atoms with E-state index in [1.54, 1.807) is 30.8 Å². The van der Waals surface area contributed by atoms with Gasteiger partial charge in [-0.25, -0.2) is 0 Å². The number of carbonyl (C=O) groups is 2. The molecule has 0 fully saturated rings. The van der Waals surface area contributed by atoms with Gasteiger partial charge in [0.1, 0.15) is 5.69 Å². The number of carbonyl (C=O) groups excluding carboxylic acids is 2. The summed E-state index contributed by atoms with van der Waals surface area (Å²) >= 11 is 5.87. The topological polar surface area (TPSA) is 68.1 Å². The summed E-state index contributed by atoms with van der Waals surface area (Å²) in [5, 5.41) is 3.81. The van der Waals surface area contributed by atoms with Gasteiger partial charge in [0.05, 0.1) is 22.8 Å². The number of pyridine rings is 1. The number of ketones is 1. The van der Waals surface area contributed by atoms with Crippen LogP contribution in [-0.2, 0) is 12.6 Å². The van der Waals surface area contributed by atoms with Gasteiger partial charge >= 0.3 is 6.18 Å². The number of aromatic nitrogens is 3. The Bertz CT molecular complexity index is 1270. The maximum absolute atomic E-state index is 13.4. The lowest BCUT2D eigenvalue weighted by Gasteiger charge is -2.32. The van der Waals surface area contributed by atoms with Crippen LogP contribution >= 0.6 is 11.6 Å². The van der Waals surface area contributed by atoms with E-state index in [9.17, 15) is 22.8 Å². The molecule has 1 aliphatic rings. The van der Waals surface area contributed by atoms with Crippen molar-refractivity contribution in [3.8, 4) is 0 Å². The number of halogens is 4. The van der Waals surface area contributed by atoms with Gasteiger partial charge in [-0.2, -0.15) is 18.3 Å². The number of amides is 1. The Labute approximate surface area is 193 Å². The van der Waals surface area contributed by atoms with Crippen LogP contribution in [0.5, 0.6) is 0 Å². The van der Waals surface area contributed by atoms with Crippen LogP contribution in [0.15, 0.2) is 36.7 Å². The Hall–Kier alpha value is -3.20. The second-order valence-electron chi connectivity index (χ2n) is 8.13. The first kappa shape index (κ1) is 23.0. The molecule has 0 unspecified atom stereocenters. The summed E-state index contributed by atoms with van der Waals surface area (Å²) in [6.07, 6.45) is -1.52. The second kappa shape index (κ2) is 8.30. The number of alkyl halides is 3. The van der Waals surface area contributed by atoms with Crippen molar-refractivity contribution in [1.29, 1.82) is 0 Å². The Morgan fingerprint density at radius 2 is 1.94 bits per heavy atom. The third-order valence-electron chi connectivity index (χ3n) is 5.64. The summed E-state index contributed by atoms with van der Waals surface area (Å²) in [5.41, 5.74) is 1.92. The molecule has 0 aliphatic carbocycles. The van der Waals surface area contributed by atoms with Crippen molar-refractivity contribution in [3.63, 3.8) is 0 Å². The Morgan fingerprint density at radius 1 is 1.21 bits per heavy atom. The zero-order chi connectivity index (χ0) is 24.1. The van der Waals surface area contributed by atoms with E-state index in [4.69, 9.17) is 11.6 Å². The standard InChI is InChI=1S/C23H20ClF3N4O2/c1-12-9-28-13(2)6-17(12)20(32)7-15-10-29-31-14(3)11-30(22(33)21(15)31)16-4-5-18(19(24)8-16)23(25,26)27/h4-6,8-10,14H,7,11H2,1-3H3/t14-/m0/s1. The van der Waals surface area contributed by atoms with E-state index in [0.29, 0.717) is 16.8 Å². The molecule has 0 radical (unpaired) electrons. The molecule has 1 aromatic carbocycles. The lowest BCUT2D eigenvalue weighted by atomic mass is 9.99. The summed E-state index contributed by atoms with van der Waals surface area (Å²) in [6.45, 7) is 5.61. The average molecular weight is 477 g/mol. The Balaban J connectivity index is 1.67. The Morgan fingerprint density at radius 3 is 2.61 bits per heavy atom. The molecule has 6 nitrogen and oxygen atoms in total. The summed E-state index contributed by atoms with van der Waals surface area (Å²) in [6, 6.07) is 4.66. The van der Waals surface area contributed by atoms with Gasteiger partial charge in [0.25, 0.3) is 5.91 Å². The fraction of sp³-hybridized carbons (Fsp3) is 0.304. The number of hydrogen-bond donors (Lipinski definition) is 0. The molecule has 0 spiro atoms. The minimum Gasteiger partial charge on any atom is -0.305 e. The average Bonchev–Trinajstić information content (AvgIpc) is 3.15. The summed E-state index contributed by atoms with van der Waals surface area (Å²) in [4.78, 5) is 31.9. The van der Waals surface area contributed by atoms with E-state index in [1.807, 2.05) is 6.92 Å². The van der Waals surface area contributed by atoms with E-state index < -0.39 is 22.7 Å². The molecule has 0 bridgehead atoms. The highest BCUT2D eigenvalue weighted by atomic mass is 35.5.